The van der Waals surface area contributed by atoms with Gasteiger partial charge in [-0.15, -0.1) is 0 Å². The first-order chi connectivity index (χ1) is 7.86. The summed E-state index contributed by atoms with van der Waals surface area (Å²) in [4.78, 5) is 1.84. The Bertz CT molecular complexity index is 416. The van der Waals surface area contributed by atoms with Crippen LogP contribution in [-0.2, 0) is 12.7 Å². The van der Waals surface area contributed by atoms with Crippen LogP contribution in [-0.4, -0.2) is 29.2 Å². The predicted molar refractivity (Wildman–Crippen MR) is 57.7 cm³/mol. The molecule has 0 spiro atoms. The zero-order valence-corrected chi connectivity index (χ0v) is 9.59. The first kappa shape index (κ1) is 12.7. The molecule has 0 unspecified atom stereocenters. The molecule has 1 aromatic carbocycles. The lowest BCUT2D eigenvalue weighted by molar-refractivity contribution is -0.137. The third-order valence-electron chi connectivity index (χ3n) is 2.70. The van der Waals surface area contributed by atoms with Gasteiger partial charge in [0.05, 0.1) is 11.7 Å². The standard InChI is InChI=1S/C11H11ClF3NO/c12-10-2-1-8(11(13,14)15)3-7(10)4-16-5-9(17)6-16/h1-3,9,17H,4-6H2. The van der Waals surface area contributed by atoms with Crippen LogP contribution in [0.25, 0.3) is 0 Å². The van der Waals surface area contributed by atoms with Crippen LogP contribution in [0.1, 0.15) is 11.1 Å². The fraction of sp³-hybridized carbons (Fsp3) is 0.455. The summed E-state index contributed by atoms with van der Waals surface area (Å²) in [6.45, 7) is 1.29. The molecule has 94 valence electrons. The maximum absolute atomic E-state index is 12.5. The third-order valence-corrected chi connectivity index (χ3v) is 3.07. The van der Waals surface area contributed by atoms with E-state index in [1.165, 1.54) is 6.07 Å². The zero-order chi connectivity index (χ0) is 12.6. The SMILES string of the molecule is OC1CN(Cc2cc(C(F)(F)F)ccc2Cl)C1. The predicted octanol–water partition coefficient (Wildman–Crippen LogP) is 2.54. The Labute approximate surface area is 102 Å². The number of nitrogens with zero attached hydrogens (tertiary/aromatic N) is 1. The topological polar surface area (TPSA) is 23.5 Å². The van der Waals surface area contributed by atoms with Crippen molar-refractivity contribution in [3.8, 4) is 0 Å². The molecule has 1 saturated heterocycles. The van der Waals surface area contributed by atoms with E-state index in [-0.39, 0.29) is 6.10 Å². The molecule has 2 nitrogen and oxygen atoms in total. The maximum Gasteiger partial charge on any atom is 0.416 e. The summed E-state index contributed by atoms with van der Waals surface area (Å²) in [5.41, 5.74) is -0.258. The number of rotatable bonds is 2. The normalized spacial score (nSPS) is 18.2. The molecular weight excluding hydrogens is 255 g/mol. The summed E-state index contributed by atoms with van der Waals surface area (Å²) in [5.74, 6) is 0. The van der Waals surface area contributed by atoms with Gasteiger partial charge in [-0.1, -0.05) is 11.6 Å². The highest BCUT2D eigenvalue weighted by molar-refractivity contribution is 6.31. The summed E-state index contributed by atoms with van der Waals surface area (Å²) >= 11 is 5.85. The smallest absolute Gasteiger partial charge is 0.390 e. The lowest BCUT2D eigenvalue weighted by Gasteiger charge is -2.36. The average molecular weight is 266 g/mol. The summed E-state index contributed by atoms with van der Waals surface area (Å²) in [7, 11) is 0. The van der Waals surface area contributed by atoms with E-state index >= 15 is 0 Å². The van der Waals surface area contributed by atoms with Crippen molar-refractivity contribution in [3.05, 3.63) is 34.3 Å². The second kappa shape index (κ2) is 4.48. The van der Waals surface area contributed by atoms with E-state index < -0.39 is 11.7 Å². The number of likely N-dealkylation sites (tertiary alicyclic amines) is 1. The Balaban J connectivity index is 2.15. The molecule has 6 heteroatoms. The van der Waals surface area contributed by atoms with Crippen LogP contribution >= 0.6 is 11.6 Å². The molecule has 0 radical (unpaired) electrons. The number of aliphatic hydroxyl groups excluding tert-OH is 1. The van der Waals surface area contributed by atoms with Gasteiger partial charge in [0, 0.05) is 24.7 Å². The van der Waals surface area contributed by atoms with Crippen LogP contribution in [0.4, 0.5) is 13.2 Å². The Morgan fingerprint density at radius 1 is 1.35 bits per heavy atom. The van der Waals surface area contributed by atoms with Gasteiger partial charge >= 0.3 is 6.18 Å². The number of alkyl halides is 3. The Morgan fingerprint density at radius 3 is 2.53 bits per heavy atom. The molecule has 0 atom stereocenters. The van der Waals surface area contributed by atoms with Gasteiger partial charge in [-0.3, -0.25) is 4.90 Å². The van der Waals surface area contributed by atoms with Crippen molar-refractivity contribution < 1.29 is 18.3 Å². The van der Waals surface area contributed by atoms with Crippen LogP contribution in [0, 0.1) is 0 Å². The van der Waals surface area contributed by atoms with E-state index in [0.717, 1.165) is 12.1 Å². The van der Waals surface area contributed by atoms with Gasteiger partial charge in [-0.2, -0.15) is 13.2 Å². The second-order valence-electron chi connectivity index (χ2n) is 4.15. The van der Waals surface area contributed by atoms with Crippen LogP contribution in [0.3, 0.4) is 0 Å². The average Bonchev–Trinajstić information content (AvgIpc) is 2.17. The van der Waals surface area contributed by atoms with E-state index in [1.807, 2.05) is 4.90 Å². The molecule has 1 heterocycles. The van der Waals surface area contributed by atoms with Gasteiger partial charge in [-0.05, 0) is 23.8 Å². The molecule has 1 aliphatic rings. The third kappa shape index (κ3) is 2.91. The first-order valence-corrected chi connectivity index (χ1v) is 5.50. The number of halogens is 4. The van der Waals surface area contributed by atoms with Crippen LogP contribution in [0.15, 0.2) is 18.2 Å². The van der Waals surface area contributed by atoms with Gasteiger partial charge in [-0.25, -0.2) is 0 Å². The molecule has 1 aromatic rings. The van der Waals surface area contributed by atoms with E-state index in [4.69, 9.17) is 16.7 Å². The van der Waals surface area contributed by atoms with Crippen molar-refractivity contribution >= 4 is 11.6 Å². The van der Waals surface area contributed by atoms with E-state index in [1.54, 1.807) is 0 Å². The fourth-order valence-corrected chi connectivity index (χ4v) is 1.96. The quantitative estimate of drug-likeness (QED) is 0.888. The first-order valence-electron chi connectivity index (χ1n) is 5.12. The molecular formula is C11H11ClF3NO. The number of β-amino-alcohol motifs (C(OH)–C–C–N with tert-alkyl or cyclic N) is 1. The molecule has 1 N–H and O–H groups in total. The van der Waals surface area contributed by atoms with Crippen LogP contribution < -0.4 is 0 Å². The minimum atomic E-state index is -4.35. The molecule has 0 aliphatic carbocycles. The van der Waals surface area contributed by atoms with Gasteiger partial charge in [0.2, 0.25) is 0 Å². The van der Waals surface area contributed by atoms with Crippen molar-refractivity contribution in [2.45, 2.75) is 18.8 Å². The maximum atomic E-state index is 12.5. The van der Waals surface area contributed by atoms with E-state index in [9.17, 15) is 13.2 Å². The van der Waals surface area contributed by atoms with Crippen molar-refractivity contribution in [1.82, 2.24) is 4.90 Å². The van der Waals surface area contributed by atoms with Crippen LogP contribution in [0.5, 0.6) is 0 Å². The summed E-state index contributed by atoms with van der Waals surface area (Å²) in [6, 6.07) is 3.29. The highest BCUT2D eigenvalue weighted by Crippen LogP contribution is 2.32. The zero-order valence-electron chi connectivity index (χ0n) is 8.84. The van der Waals surface area contributed by atoms with Crippen molar-refractivity contribution in [1.29, 1.82) is 0 Å². The molecule has 1 aliphatic heterocycles. The minimum Gasteiger partial charge on any atom is -0.390 e. The highest BCUT2D eigenvalue weighted by atomic mass is 35.5. The fourth-order valence-electron chi connectivity index (χ4n) is 1.78. The Hall–Kier alpha value is -0.780. The molecule has 17 heavy (non-hydrogen) atoms. The summed E-state index contributed by atoms with van der Waals surface area (Å²) in [6.07, 6.45) is -4.73. The second-order valence-corrected chi connectivity index (χ2v) is 4.56. The number of hydrogen-bond donors (Lipinski definition) is 1. The molecule has 1 fully saturated rings. The Morgan fingerprint density at radius 2 is 2.00 bits per heavy atom. The van der Waals surface area contributed by atoms with Crippen molar-refractivity contribution in [3.63, 3.8) is 0 Å². The molecule has 2 rings (SSSR count). The molecule has 0 bridgehead atoms. The number of aliphatic hydroxyl groups is 1. The Kier molecular flexibility index (Phi) is 3.34. The molecule has 0 aromatic heterocycles. The van der Waals surface area contributed by atoms with Gasteiger partial charge < -0.3 is 5.11 Å². The van der Waals surface area contributed by atoms with Crippen molar-refractivity contribution in [2.75, 3.05) is 13.1 Å². The molecule has 0 amide bonds. The van der Waals surface area contributed by atoms with Gasteiger partial charge in [0.15, 0.2) is 0 Å². The number of benzene rings is 1. The molecule has 0 saturated carbocycles. The highest BCUT2D eigenvalue weighted by Gasteiger charge is 2.31. The van der Waals surface area contributed by atoms with E-state index in [2.05, 4.69) is 0 Å². The summed E-state index contributed by atoms with van der Waals surface area (Å²) < 4.78 is 37.5. The van der Waals surface area contributed by atoms with Gasteiger partial charge in [0.25, 0.3) is 0 Å². The van der Waals surface area contributed by atoms with Crippen LogP contribution in [0.2, 0.25) is 5.02 Å². The monoisotopic (exact) mass is 265 g/mol. The largest absolute Gasteiger partial charge is 0.416 e. The van der Waals surface area contributed by atoms with E-state index in [0.29, 0.717) is 30.2 Å². The van der Waals surface area contributed by atoms with Crippen molar-refractivity contribution in [2.24, 2.45) is 0 Å². The number of hydrogen-bond acceptors (Lipinski definition) is 2. The summed E-state index contributed by atoms with van der Waals surface area (Å²) in [5, 5.41) is 9.41. The minimum absolute atomic E-state index is 0.319. The lowest BCUT2D eigenvalue weighted by Crippen LogP contribution is -2.49. The van der Waals surface area contributed by atoms with Gasteiger partial charge in [0.1, 0.15) is 0 Å². The lowest BCUT2D eigenvalue weighted by atomic mass is 10.1.